The normalized spacial score (nSPS) is 10.9. The number of anilines is 1. The molecule has 19 heavy (non-hydrogen) atoms. The van der Waals surface area contributed by atoms with E-state index in [2.05, 4.69) is 4.90 Å². The Kier molecular flexibility index (Phi) is 6.24. The standard InChI is InChI=1S/C13H21N3O3/c1-15(7-3-2-4-8-17)10-11-5-6-12(14)13(9-11)16(18)19/h5-6,9,17H,2-4,7-8,10,14H2,1H3. The number of nitro groups is 1. The molecular weight excluding hydrogens is 246 g/mol. The van der Waals surface area contributed by atoms with Crippen LogP contribution in [0.2, 0.25) is 0 Å². The highest BCUT2D eigenvalue weighted by molar-refractivity contribution is 5.59. The molecule has 6 nitrogen and oxygen atoms in total. The van der Waals surface area contributed by atoms with Crippen molar-refractivity contribution in [1.29, 1.82) is 0 Å². The highest BCUT2D eigenvalue weighted by Crippen LogP contribution is 2.22. The summed E-state index contributed by atoms with van der Waals surface area (Å²) in [5.74, 6) is 0. The summed E-state index contributed by atoms with van der Waals surface area (Å²) in [6.07, 6.45) is 2.82. The quantitative estimate of drug-likeness (QED) is 0.324. The first-order valence-electron chi connectivity index (χ1n) is 6.36. The summed E-state index contributed by atoms with van der Waals surface area (Å²) in [5, 5.41) is 19.5. The molecule has 0 heterocycles. The lowest BCUT2D eigenvalue weighted by molar-refractivity contribution is -0.384. The molecule has 0 atom stereocenters. The monoisotopic (exact) mass is 267 g/mol. The molecule has 1 rings (SSSR count). The van der Waals surface area contributed by atoms with Crippen molar-refractivity contribution in [2.45, 2.75) is 25.8 Å². The van der Waals surface area contributed by atoms with E-state index in [-0.39, 0.29) is 18.0 Å². The fourth-order valence-corrected chi connectivity index (χ4v) is 1.91. The summed E-state index contributed by atoms with van der Waals surface area (Å²) in [7, 11) is 1.97. The number of hydrogen-bond donors (Lipinski definition) is 2. The number of nitrogens with zero attached hydrogens (tertiary/aromatic N) is 2. The van der Waals surface area contributed by atoms with Crippen LogP contribution in [-0.4, -0.2) is 35.1 Å². The van der Waals surface area contributed by atoms with Crippen LogP contribution in [0.15, 0.2) is 18.2 Å². The third-order valence-electron chi connectivity index (χ3n) is 2.94. The van der Waals surface area contributed by atoms with Gasteiger partial charge in [-0.15, -0.1) is 0 Å². The largest absolute Gasteiger partial charge is 0.396 e. The van der Waals surface area contributed by atoms with Crippen molar-refractivity contribution in [3.63, 3.8) is 0 Å². The second-order valence-electron chi connectivity index (χ2n) is 4.67. The van der Waals surface area contributed by atoms with Crippen molar-refractivity contribution in [3.8, 4) is 0 Å². The van der Waals surface area contributed by atoms with Crippen LogP contribution in [0.25, 0.3) is 0 Å². The van der Waals surface area contributed by atoms with E-state index in [0.29, 0.717) is 6.54 Å². The Bertz CT molecular complexity index is 424. The number of nitro benzene ring substituents is 1. The van der Waals surface area contributed by atoms with E-state index in [9.17, 15) is 10.1 Å². The Morgan fingerprint density at radius 1 is 1.37 bits per heavy atom. The summed E-state index contributed by atoms with van der Waals surface area (Å²) >= 11 is 0. The Hall–Kier alpha value is -1.66. The minimum atomic E-state index is -0.458. The number of aliphatic hydroxyl groups excluding tert-OH is 1. The number of nitrogens with two attached hydrogens (primary N) is 1. The Balaban J connectivity index is 2.52. The highest BCUT2D eigenvalue weighted by atomic mass is 16.6. The van der Waals surface area contributed by atoms with Gasteiger partial charge in [-0.2, -0.15) is 0 Å². The summed E-state index contributed by atoms with van der Waals surface area (Å²) in [6, 6.07) is 4.92. The van der Waals surface area contributed by atoms with Gasteiger partial charge in [-0.3, -0.25) is 10.1 Å². The maximum Gasteiger partial charge on any atom is 0.292 e. The van der Waals surface area contributed by atoms with Crippen LogP contribution in [0, 0.1) is 10.1 Å². The van der Waals surface area contributed by atoms with Crippen LogP contribution >= 0.6 is 0 Å². The van der Waals surface area contributed by atoms with E-state index < -0.39 is 4.92 Å². The average Bonchev–Trinajstić information content (AvgIpc) is 2.36. The molecule has 0 unspecified atom stereocenters. The first-order chi connectivity index (χ1) is 9.04. The van der Waals surface area contributed by atoms with Gasteiger partial charge in [0.05, 0.1) is 4.92 Å². The van der Waals surface area contributed by atoms with E-state index >= 15 is 0 Å². The van der Waals surface area contributed by atoms with Crippen molar-refractivity contribution in [2.24, 2.45) is 0 Å². The van der Waals surface area contributed by atoms with Crippen LogP contribution < -0.4 is 5.73 Å². The van der Waals surface area contributed by atoms with E-state index in [0.717, 1.165) is 31.4 Å². The molecule has 0 aromatic heterocycles. The van der Waals surface area contributed by atoms with Crippen LogP contribution in [0.5, 0.6) is 0 Å². The lowest BCUT2D eigenvalue weighted by Gasteiger charge is -2.16. The zero-order valence-corrected chi connectivity index (χ0v) is 11.2. The van der Waals surface area contributed by atoms with Gasteiger partial charge in [0.25, 0.3) is 5.69 Å². The smallest absolute Gasteiger partial charge is 0.292 e. The SMILES string of the molecule is CN(CCCCCO)Cc1ccc(N)c([N+](=O)[O-])c1. The molecule has 1 aromatic carbocycles. The van der Waals surface area contributed by atoms with Crippen molar-refractivity contribution < 1.29 is 10.0 Å². The van der Waals surface area contributed by atoms with Crippen molar-refractivity contribution in [3.05, 3.63) is 33.9 Å². The third-order valence-corrected chi connectivity index (χ3v) is 2.94. The maximum absolute atomic E-state index is 10.8. The Morgan fingerprint density at radius 3 is 2.74 bits per heavy atom. The van der Waals surface area contributed by atoms with Crippen LogP contribution in [0.1, 0.15) is 24.8 Å². The second kappa shape index (κ2) is 7.70. The molecule has 0 fully saturated rings. The number of benzene rings is 1. The van der Waals surface area contributed by atoms with Gasteiger partial charge in [0, 0.05) is 19.2 Å². The topological polar surface area (TPSA) is 92.6 Å². The highest BCUT2D eigenvalue weighted by Gasteiger charge is 2.12. The maximum atomic E-state index is 10.8. The molecule has 0 radical (unpaired) electrons. The Labute approximate surface area is 113 Å². The first kappa shape index (κ1) is 15.4. The number of nitrogen functional groups attached to an aromatic ring is 1. The van der Waals surface area contributed by atoms with E-state index in [1.165, 1.54) is 6.07 Å². The Morgan fingerprint density at radius 2 is 2.11 bits per heavy atom. The molecule has 0 spiro atoms. The van der Waals surface area contributed by atoms with Gasteiger partial charge in [0.15, 0.2) is 0 Å². The number of unbranched alkanes of at least 4 members (excludes halogenated alkanes) is 2. The number of aliphatic hydroxyl groups is 1. The summed E-state index contributed by atoms with van der Waals surface area (Å²) < 4.78 is 0. The molecule has 0 aliphatic heterocycles. The molecule has 6 heteroatoms. The van der Waals surface area contributed by atoms with Gasteiger partial charge in [-0.1, -0.05) is 6.07 Å². The molecule has 106 valence electrons. The predicted octanol–water partition coefficient (Wildman–Crippen LogP) is 1.77. The zero-order chi connectivity index (χ0) is 14.3. The molecule has 3 N–H and O–H groups in total. The minimum Gasteiger partial charge on any atom is -0.396 e. The van der Waals surface area contributed by atoms with Gasteiger partial charge in [-0.25, -0.2) is 0 Å². The number of hydrogen-bond acceptors (Lipinski definition) is 5. The van der Waals surface area contributed by atoms with E-state index in [1.807, 2.05) is 13.1 Å². The van der Waals surface area contributed by atoms with E-state index in [4.69, 9.17) is 10.8 Å². The fourth-order valence-electron chi connectivity index (χ4n) is 1.91. The molecule has 0 bridgehead atoms. The molecule has 1 aromatic rings. The first-order valence-corrected chi connectivity index (χ1v) is 6.36. The van der Waals surface area contributed by atoms with Crippen molar-refractivity contribution in [2.75, 3.05) is 25.9 Å². The third kappa shape index (κ3) is 5.23. The second-order valence-corrected chi connectivity index (χ2v) is 4.67. The van der Waals surface area contributed by atoms with Gasteiger partial charge in [0.1, 0.15) is 5.69 Å². The summed E-state index contributed by atoms with van der Waals surface area (Å²) in [4.78, 5) is 12.4. The summed E-state index contributed by atoms with van der Waals surface area (Å²) in [6.45, 7) is 1.78. The lowest BCUT2D eigenvalue weighted by Crippen LogP contribution is -2.19. The van der Waals surface area contributed by atoms with Crippen LogP contribution in [-0.2, 0) is 6.54 Å². The van der Waals surface area contributed by atoms with Gasteiger partial charge in [0.2, 0.25) is 0 Å². The van der Waals surface area contributed by atoms with E-state index in [1.54, 1.807) is 6.07 Å². The molecule has 0 aliphatic carbocycles. The molecule has 0 aliphatic rings. The van der Waals surface area contributed by atoms with Gasteiger partial charge >= 0.3 is 0 Å². The van der Waals surface area contributed by atoms with Gasteiger partial charge in [-0.05, 0) is 44.5 Å². The average molecular weight is 267 g/mol. The van der Waals surface area contributed by atoms with Crippen molar-refractivity contribution in [1.82, 2.24) is 4.90 Å². The molecule has 0 saturated carbocycles. The predicted molar refractivity (Wildman–Crippen MR) is 74.8 cm³/mol. The summed E-state index contributed by atoms with van der Waals surface area (Å²) in [5.41, 5.74) is 6.59. The van der Waals surface area contributed by atoms with Crippen LogP contribution in [0.3, 0.4) is 0 Å². The van der Waals surface area contributed by atoms with Gasteiger partial charge < -0.3 is 15.7 Å². The lowest BCUT2D eigenvalue weighted by atomic mass is 10.1. The van der Waals surface area contributed by atoms with Crippen LogP contribution in [0.4, 0.5) is 11.4 Å². The molecular formula is C13H21N3O3. The van der Waals surface area contributed by atoms with Crippen molar-refractivity contribution >= 4 is 11.4 Å². The fraction of sp³-hybridized carbons (Fsp3) is 0.538. The molecule has 0 saturated heterocycles. The minimum absolute atomic E-state index is 0.0359. The zero-order valence-electron chi connectivity index (χ0n) is 11.2. The number of rotatable bonds is 8. The molecule has 0 amide bonds.